The number of aromatic nitrogens is 3. The second-order valence-corrected chi connectivity index (χ2v) is 5.69. The Bertz CT molecular complexity index is 583. The molecule has 0 aliphatic carbocycles. The number of methoxy groups -OCH3 is 1. The molecular weight excluding hydrogens is 292 g/mol. The summed E-state index contributed by atoms with van der Waals surface area (Å²) in [5.41, 5.74) is 2.10. The Morgan fingerprint density at radius 3 is 2.57 bits per heavy atom. The second-order valence-electron chi connectivity index (χ2n) is 5.69. The molecule has 6 nitrogen and oxygen atoms in total. The van der Waals surface area contributed by atoms with Crippen LogP contribution in [0.4, 0.5) is 0 Å². The first-order chi connectivity index (χ1) is 11.3. The molecule has 3 heterocycles. The van der Waals surface area contributed by atoms with Crippen LogP contribution in [0.3, 0.4) is 0 Å². The molecule has 0 amide bonds. The normalized spacial score (nSPS) is 16.4. The van der Waals surface area contributed by atoms with Crippen molar-refractivity contribution >= 4 is 0 Å². The monoisotopic (exact) mass is 314 g/mol. The van der Waals surface area contributed by atoms with Crippen LogP contribution in [0.2, 0.25) is 0 Å². The topological polar surface area (TPSA) is 60.4 Å². The summed E-state index contributed by atoms with van der Waals surface area (Å²) in [6.07, 6.45) is 7.87. The first-order valence-corrected chi connectivity index (χ1v) is 7.92. The van der Waals surface area contributed by atoms with Gasteiger partial charge in [0.25, 0.3) is 0 Å². The lowest BCUT2D eigenvalue weighted by Crippen LogP contribution is -2.36. The molecule has 0 saturated carbocycles. The maximum Gasteiger partial charge on any atom is 0.316 e. The average molecular weight is 314 g/mol. The van der Waals surface area contributed by atoms with Gasteiger partial charge in [-0.3, -0.25) is 9.88 Å². The predicted molar refractivity (Wildman–Crippen MR) is 85.9 cm³/mol. The molecule has 1 aliphatic heterocycles. The average Bonchev–Trinajstić information content (AvgIpc) is 2.63. The fourth-order valence-corrected chi connectivity index (χ4v) is 2.71. The second kappa shape index (κ2) is 7.99. The highest BCUT2D eigenvalue weighted by Crippen LogP contribution is 2.17. The van der Waals surface area contributed by atoms with E-state index in [1.165, 1.54) is 0 Å². The van der Waals surface area contributed by atoms with Crippen LogP contribution in [0.15, 0.2) is 36.8 Å². The highest BCUT2D eigenvalue weighted by atomic mass is 16.5. The van der Waals surface area contributed by atoms with Gasteiger partial charge in [-0.15, -0.1) is 0 Å². The van der Waals surface area contributed by atoms with Crippen molar-refractivity contribution in [1.29, 1.82) is 0 Å². The lowest BCUT2D eigenvalue weighted by atomic mass is 10.1. The van der Waals surface area contributed by atoms with E-state index in [1.54, 1.807) is 13.3 Å². The van der Waals surface area contributed by atoms with Gasteiger partial charge in [0.15, 0.2) is 0 Å². The van der Waals surface area contributed by atoms with Crippen molar-refractivity contribution in [2.45, 2.75) is 32.1 Å². The van der Waals surface area contributed by atoms with Gasteiger partial charge in [-0.1, -0.05) is 6.07 Å². The fourth-order valence-electron chi connectivity index (χ4n) is 2.71. The minimum atomic E-state index is 0.320. The van der Waals surface area contributed by atoms with Gasteiger partial charge >= 0.3 is 6.01 Å². The maximum absolute atomic E-state index is 5.97. The highest BCUT2D eigenvalue weighted by molar-refractivity contribution is 5.07. The van der Waals surface area contributed by atoms with Crippen molar-refractivity contribution < 1.29 is 9.47 Å². The number of nitrogens with zero attached hydrogens (tertiary/aromatic N) is 4. The van der Waals surface area contributed by atoms with Crippen LogP contribution in [-0.2, 0) is 17.9 Å². The van der Waals surface area contributed by atoms with Crippen molar-refractivity contribution in [3.63, 3.8) is 0 Å². The van der Waals surface area contributed by atoms with Crippen molar-refractivity contribution in [1.82, 2.24) is 19.9 Å². The Balaban J connectivity index is 1.41. The fraction of sp³-hybridized carbons (Fsp3) is 0.471. The van der Waals surface area contributed by atoms with E-state index < -0.39 is 0 Å². The van der Waals surface area contributed by atoms with Crippen LogP contribution in [0.1, 0.15) is 24.1 Å². The number of hydrogen-bond donors (Lipinski definition) is 0. The minimum absolute atomic E-state index is 0.320. The third kappa shape index (κ3) is 4.71. The van der Waals surface area contributed by atoms with Crippen LogP contribution in [-0.4, -0.2) is 46.2 Å². The molecule has 1 aliphatic rings. The standard InChI is InChI=1S/C17H22N4O2/c1-22-17-19-10-14(11-20-17)12-21-8-5-16(6-9-21)23-13-15-4-2-3-7-18-15/h2-4,7,10-11,16H,5-6,8-9,12-13H2,1H3. The summed E-state index contributed by atoms with van der Waals surface area (Å²) in [6, 6.07) is 6.32. The van der Waals surface area contributed by atoms with Crippen LogP contribution in [0.5, 0.6) is 6.01 Å². The zero-order chi connectivity index (χ0) is 15.9. The molecule has 2 aromatic heterocycles. The van der Waals surface area contributed by atoms with Gasteiger partial charge < -0.3 is 9.47 Å². The summed E-state index contributed by atoms with van der Waals surface area (Å²) in [4.78, 5) is 15.0. The summed E-state index contributed by atoms with van der Waals surface area (Å²) < 4.78 is 10.9. The molecule has 122 valence electrons. The zero-order valence-corrected chi connectivity index (χ0v) is 13.4. The SMILES string of the molecule is COc1ncc(CN2CCC(OCc3ccccn3)CC2)cn1. The van der Waals surface area contributed by atoms with Crippen LogP contribution < -0.4 is 4.74 Å². The van der Waals surface area contributed by atoms with Crippen LogP contribution in [0.25, 0.3) is 0 Å². The van der Waals surface area contributed by atoms with Gasteiger partial charge in [0.2, 0.25) is 0 Å². The molecule has 1 fully saturated rings. The summed E-state index contributed by atoms with van der Waals surface area (Å²) in [5, 5.41) is 0. The number of pyridine rings is 1. The summed E-state index contributed by atoms with van der Waals surface area (Å²) >= 11 is 0. The number of hydrogen-bond acceptors (Lipinski definition) is 6. The van der Waals surface area contributed by atoms with E-state index in [2.05, 4.69) is 19.9 Å². The third-order valence-electron chi connectivity index (χ3n) is 4.00. The molecule has 6 heteroatoms. The van der Waals surface area contributed by atoms with E-state index in [4.69, 9.17) is 9.47 Å². The third-order valence-corrected chi connectivity index (χ3v) is 4.00. The molecule has 0 atom stereocenters. The number of rotatable bonds is 6. The number of likely N-dealkylation sites (tertiary alicyclic amines) is 1. The van der Waals surface area contributed by atoms with E-state index in [1.807, 2.05) is 30.6 Å². The van der Waals surface area contributed by atoms with Gasteiger partial charge in [0.1, 0.15) is 0 Å². The molecule has 0 unspecified atom stereocenters. The molecule has 3 rings (SSSR count). The summed E-state index contributed by atoms with van der Waals surface area (Å²) in [6.45, 7) is 3.52. The Kier molecular flexibility index (Phi) is 5.50. The van der Waals surface area contributed by atoms with E-state index in [0.29, 0.717) is 18.7 Å². The van der Waals surface area contributed by atoms with E-state index in [-0.39, 0.29) is 0 Å². The van der Waals surface area contributed by atoms with E-state index in [9.17, 15) is 0 Å². The molecule has 0 radical (unpaired) electrons. The quantitative estimate of drug-likeness (QED) is 0.813. The van der Waals surface area contributed by atoms with Gasteiger partial charge in [0, 0.05) is 43.8 Å². The van der Waals surface area contributed by atoms with Crippen molar-refractivity contribution in [2.24, 2.45) is 0 Å². The molecule has 0 bridgehead atoms. The lowest BCUT2D eigenvalue weighted by molar-refractivity contribution is -0.00526. The lowest BCUT2D eigenvalue weighted by Gasteiger charge is -2.31. The smallest absolute Gasteiger partial charge is 0.316 e. The Morgan fingerprint density at radius 1 is 1.13 bits per heavy atom. The van der Waals surface area contributed by atoms with Gasteiger partial charge in [-0.2, -0.15) is 0 Å². The predicted octanol–water partition coefficient (Wildman–Crippen LogP) is 2.06. The Morgan fingerprint density at radius 2 is 1.91 bits per heavy atom. The summed E-state index contributed by atoms with van der Waals surface area (Å²) in [5.74, 6) is 0. The molecule has 0 N–H and O–H groups in total. The van der Waals surface area contributed by atoms with Crippen molar-refractivity contribution in [3.8, 4) is 6.01 Å². The first kappa shape index (κ1) is 15.8. The van der Waals surface area contributed by atoms with Crippen molar-refractivity contribution in [3.05, 3.63) is 48.0 Å². The van der Waals surface area contributed by atoms with Gasteiger partial charge in [0.05, 0.1) is 25.5 Å². The summed E-state index contributed by atoms with van der Waals surface area (Å²) in [7, 11) is 1.57. The van der Waals surface area contributed by atoms with Crippen LogP contribution in [0, 0.1) is 0 Å². The molecule has 0 spiro atoms. The zero-order valence-electron chi connectivity index (χ0n) is 13.4. The number of ether oxygens (including phenoxy) is 2. The molecule has 0 aromatic carbocycles. The van der Waals surface area contributed by atoms with Crippen LogP contribution >= 0.6 is 0 Å². The van der Waals surface area contributed by atoms with E-state index in [0.717, 1.165) is 43.7 Å². The first-order valence-electron chi connectivity index (χ1n) is 7.92. The Labute approximate surface area is 136 Å². The number of piperidine rings is 1. The maximum atomic E-state index is 5.97. The highest BCUT2D eigenvalue weighted by Gasteiger charge is 2.20. The van der Waals surface area contributed by atoms with E-state index >= 15 is 0 Å². The minimum Gasteiger partial charge on any atom is -0.467 e. The molecular formula is C17H22N4O2. The molecule has 1 saturated heterocycles. The molecule has 2 aromatic rings. The largest absolute Gasteiger partial charge is 0.467 e. The molecule has 23 heavy (non-hydrogen) atoms. The van der Waals surface area contributed by atoms with Gasteiger partial charge in [-0.25, -0.2) is 9.97 Å². The van der Waals surface area contributed by atoms with Gasteiger partial charge in [-0.05, 0) is 25.0 Å². The Hall–Kier alpha value is -2.05. The van der Waals surface area contributed by atoms with Crippen molar-refractivity contribution in [2.75, 3.05) is 20.2 Å².